The number of nitrogens with zero attached hydrogens (tertiary/aromatic N) is 1. The number of sulfone groups is 1. The van der Waals surface area contributed by atoms with Crippen LogP contribution in [-0.4, -0.2) is 57.7 Å². The van der Waals surface area contributed by atoms with Crippen LogP contribution in [0.4, 0.5) is 0 Å². The summed E-state index contributed by atoms with van der Waals surface area (Å²) >= 11 is 0. The lowest BCUT2D eigenvalue weighted by molar-refractivity contribution is -0.122. The Balaban J connectivity index is 1.51. The van der Waals surface area contributed by atoms with Crippen LogP contribution in [0.25, 0.3) is 0 Å². The Morgan fingerprint density at radius 2 is 1.59 bits per heavy atom. The zero-order valence-electron chi connectivity index (χ0n) is 15.6. The molecule has 0 aromatic heterocycles. The number of rotatable bonds is 6. The highest BCUT2D eigenvalue weighted by Gasteiger charge is 2.45. The van der Waals surface area contributed by atoms with Crippen LogP contribution in [0.5, 0.6) is 0 Å². The topological polar surface area (TPSA) is 101 Å². The number of carbonyl (C=O) groups excluding carboxylic acids is 1. The molecule has 2 atom stereocenters. The summed E-state index contributed by atoms with van der Waals surface area (Å²) in [5.41, 5.74) is 0.907. The second kappa shape index (κ2) is 7.52. The molecule has 2 heterocycles. The molecule has 1 aromatic carbocycles. The third-order valence-corrected chi connectivity index (χ3v) is 7.90. The highest BCUT2D eigenvalue weighted by atomic mass is 32.2. The Labute approximate surface area is 161 Å². The Hall–Kier alpha value is -1.45. The average molecular weight is 415 g/mol. The van der Waals surface area contributed by atoms with Crippen LogP contribution in [0.1, 0.15) is 37.7 Å². The fourth-order valence-electron chi connectivity index (χ4n) is 4.25. The lowest BCUT2D eigenvalue weighted by Crippen LogP contribution is -2.52. The van der Waals surface area contributed by atoms with Gasteiger partial charge in [-0.1, -0.05) is 12.1 Å². The highest BCUT2D eigenvalue weighted by molar-refractivity contribution is 7.90. The second-order valence-electron chi connectivity index (χ2n) is 7.63. The SMILES string of the molecule is CS(=O)(=O)c1ccc(CCC(=O)NC2CC3CCC(C2)N3S(C)(=O)=O)cc1. The first kappa shape index (κ1) is 20.3. The third kappa shape index (κ3) is 4.89. The molecule has 2 saturated heterocycles. The van der Waals surface area contributed by atoms with Gasteiger partial charge in [-0.25, -0.2) is 16.8 Å². The van der Waals surface area contributed by atoms with Crippen LogP contribution in [0.2, 0.25) is 0 Å². The Morgan fingerprint density at radius 1 is 1.04 bits per heavy atom. The molecule has 0 spiro atoms. The third-order valence-electron chi connectivity index (χ3n) is 5.41. The Kier molecular flexibility index (Phi) is 5.65. The number of carbonyl (C=O) groups is 1. The molecule has 3 rings (SSSR count). The molecule has 2 aliphatic rings. The van der Waals surface area contributed by atoms with Crippen molar-refractivity contribution in [2.75, 3.05) is 12.5 Å². The molecular formula is C18H26N2O5S2. The van der Waals surface area contributed by atoms with Gasteiger partial charge in [-0.3, -0.25) is 4.79 Å². The molecule has 9 heteroatoms. The van der Waals surface area contributed by atoms with Crippen molar-refractivity contribution in [3.8, 4) is 0 Å². The molecule has 2 bridgehead atoms. The molecule has 27 heavy (non-hydrogen) atoms. The van der Waals surface area contributed by atoms with Crippen LogP contribution in [0.3, 0.4) is 0 Å². The van der Waals surface area contributed by atoms with Gasteiger partial charge in [0, 0.05) is 30.8 Å². The maximum atomic E-state index is 12.3. The van der Waals surface area contributed by atoms with Crippen LogP contribution >= 0.6 is 0 Å². The number of fused-ring (bicyclic) bond motifs is 2. The summed E-state index contributed by atoms with van der Waals surface area (Å²) < 4.78 is 48.4. The van der Waals surface area contributed by atoms with E-state index in [0.29, 0.717) is 25.7 Å². The predicted molar refractivity (Wildman–Crippen MR) is 103 cm³/mol. The van der Waals surface area contributed by atoms with Gasteiger partial charge >= 0.3 is 0 Å². The quantitative estimate of drug-likeness (QED) is 0.751. The summed E-state index contributed by atoms with van der Waals surface area (Å²) in [6.07, 6.45) is 6.32. The number of aryl methyl sites for hydroxylation is 1. The van der Waals surface area contributed by atoms with Crippen LogP contribution in [0.15, 0.2) is 29.2 Å². The standard InChI is InChI=1S/C18H26N2O5S2/c1-26(22,23)17-8-3-13(4-9-17)5-10-18(21)19-14-11-15-6-7-16(12-14)20(15)27(2,24)25/h3-4,8-9,14-16H,5-7,10-12H2,1-2H3,(H,19,21). The maximum Gasteiger partial charge on any atom is 0.220 e. The maximum absolute atomic E-state index is 12.3. The van der Waals surface area contributed by atoms with Crippen molar-refractivity contribution < 1.29 is 21.6 Å². The molecule has 0 aliphatic carbocycles. The van der Waals surface area contributed by atoms with Crippen molar-refractivity contribution in [3.05, 3.63) is 29.8 Å². The summed E-state index contributed by atoms with van der Waals surface area (Å²) in [6, 6.07) is 6.58. The first-order chi connectivity index (χ1) is 12.5. The Bertz CT molecular complexity index is 896. The van der Waals surface area contributed by atoms with Crippen LogP contribution < -0.4 is 5.32 Å². The minimum Gasteiger partial charge on any atom is -0.353 e. The second-order valence-corrected chi connectivity index (χ2v) is 11.5. The van der Waals surface area contributed by atoms with E-state index in [1.807, 2.05) is 0 Å². The van der Waals surface area contributed by atoms with Crippen molar-refractivity contribution in [3.63, 3.8) is 0 Å². The number of hydrogen-bond donors (Lipinski definition) is 1. The van der Waals surface area contributed by atoms with Crippen molar-refractivity contribution in [2.24, 2.45) is 0 Å². The molecule has 1 aromatic rings. The van der Waals surface area contributed by atoms with Gasteiger partial charge in [-0.2, -0.15) is 4.31 Å². The van der Waals surface area contributed by atoms with Gasteiger partial charge < -0.3 is 5.32 Å². The van der Waals surface area contributed by atoms with E-state index in [-0.39, 0.29) is 28.9 Å². The molecule has 7 nitrogen and oxygen atoms in total. The normalized spacial score (nSPS) is 26.1. The monoisotopic (exact) mass is 414 g/mol. The van der Waals surface area contributed by atoms with Gasteiger partial charge in [0.05, 0.1) is 11.2 Å². The highest BCUT2D eigenvalue weighted by Crippen LogP contribution is 2.37. The number of piperidine rings is 1. The van der Waals surface area contributed by atoms with E-state index in [2.05, 4.69) is 5.32 Å². The van der Waals surface area contributed by atoms with Gasteiger partial charge in [0.1, 0.15) is 0 Å². The van der Waals surface area contributed by atoms with E-state index in [1.54, 1.807) is 28.6 Å². The molecule has 1 amide bonds. The van der Waals surface area contributed by atoms with E-state index < -0.39 is 19.9 Å². The van der Waals surface area contributed by atoms with Crippen molar-refractivity contribution in [1.29, 1.82) is 0 Å². The number of hydrogen-bond acceptors (Lipinski definition) is 5. The van der Waals surface area contributed by atoms with Gasteiger partial charge in [-0.15, -0.1) is 0 Å². The summed E-state index contributed by atoms with van der Waals surface area (Å²) in [4.78, 5) is 12.6. The molecule has 150 valence electrons. The van der Waals surface area contributed by atoms with Gasteiger partial charge in [0.2, 0.25) is 15.9 Å². The minimum absolute atomic E-state index is 0.00686. The first-order valence-electron chi connectivity index (χ1n) is 9.11. The zero-order valence-corrected chi connectivity index (χ0v) is 17.2. The molecule has 2 unspecified atom stereocenters. The molecule has 0 radical (unpaired) electrons. The van der Waals surface area contributed by atoms with E-state index in [1.165, 1.54) is 6.26 Å². The van der Waals surface area contributed by atoms with E-state index in [4.69, 9.17) is 0 Å². The van der Waals surface area contributed by atoms with E-state index in [9.17, 15) is 21.6 Å². The number of nitrogens with one attached hydrogen (secondary N) is 1. The fourth-order valence-corrected chi connectivity index (χ4v) is 6.35. The minimum atomic E-state index is -3.22. The van der Waals surface area contributed by atoms with Crippen LogP contribution in [-0.2, 0) is 31.1 Å². The summed E-state index contributed by atoms with van der Waals surface area (Å²) in [6.45, 7) is 0. The van der Waals surface area contributed by atoms with Crippen molar-refractivity contribution in [1.82, 2.24) is 9.62 Å². The van der Waals surface area contributed by atoms with Gasteiger partial charge in [0.25, 0.3) is 0 Å². The molecule has 1 N–H and O–H groups in total. The smallest absolute Gasteiger partial charge is 0.220 e. The first-order valence-corrected chi connectivity index (χ1v) is 12.8. The van der Waals surface area contributed by atoms with Gasteiger partial charge in [-0.05, 0) is 49.8 Å². The van der Waals surface area contributed by atoms with Crippen LogP contribution in [0, 0.1) is 0 Å². The van der Waals surface area contributed by atoms with E-state index in [0.717, 1.165) is 24.7 Å². The number of amides is 1. The summed E-state index contributed by atoms with van der Waals surface area (Å²) in [5, 5.41) is 3.04. The lowest BCUT2D eigenvalue weighted by Gasteiger charge is -2.37. The Morgan fingerprint density at radius 3 is 2.07 bits per heavy atom. The van der Waals surface area contributed by atoms with Crippen molar-refractivity contribution >= 4 is 25.8 Å². The fraction of sp³-hybridized carbons (Fsp3) is 0.611. The zero-order chi connectivity index (χ0) is 19.8. The number of benzene rings is 1. The van der Waals surface area contributed by atoms with Crippen molar-refractivity contribution in [2.45, 2.75) is 61.5 Å². The largest absolute Gasteiger partial charge is 0.353 e. The molecular weight excluding hydrogens is 388 g/mol. The predicted octanol–water partition coefficient (Wildman–Crippen LogP) is 1.09. The van der Waals surface area contributed by atoms with E-state index >= 15 is 0 Å². The van der Waals surface area contributed by atoms with Gasteiger partial charge in [0.15, 0.2) is 9.84 Å². The molecule has 0 saturated carbocycles. The molecule has 2 fully saturated rings. The number of sulfonamides is 1. The average Bonchev–Trinajstić information content (AvgIpc) is 2.85. The lowest BCUT2D eigenvalue weighted by atomic mass is 9.99. The molecule has 2 aliphatic heterocycles. The summed E-state index contributed by atoms with van der Waals surface area (Å²) in [7, 11) is -6.41. The summed E-state index contributed by atoms with van der Waals surface area (Å²) in [5.74, 6) is -0.0561.